The maximum Gasteiger partial charge on any atom is 0.229 e. The zero-order chi connectivity index (χ0) is 23.6. The molecule has 34 heavy (non-hydrogen) atoms. The number of benzene rings is 3. The molecule has 0 unspecified atom stereocenters. The maximum absolute atomic E-state index is 13.7. The number of ether oxygens (including phenoxy) is 2. The van der Waals surface area contributed by atoms with E-state index in [1.165, 1.54) is 7.11 Å². The van der Waals surface area contributed by atoms with E-state index in [1.54, 1.807) is 72.8 Å². The predicted molar refractivity (Wildman–Crippen MR) is 121 cm³/mol. The van der Waals surface area contributed by atoms with Crippen LogP contribution in [0.1, 0.15) is 52.9 Å². The monoisotopic (exact) mass is 448 g/mol. The van der Waals surface area contributed by atoms with Crippen LogP contribution in [-0.4, -0.2) is 30.2 Å². The summed E-state index contributed by atoms with van der Waals surface area (Å²) in [4.78, 5) is 54.4. The van der Waals surface area contributed by atoms with Gasteiger partial charge >= 0.3 is 0 Å². The van der Waals surface area contributed by atoms with Gasteiger partial charge in [0.15, 0.2) is 23.1 Å². The minimum Gasteiger partial charge on any atom is -0.496 e. The topological polar surface area (TPSA) is 86.7 Å². The van der Waals surface area contributed by atoms with Gasteiger partial charge in [0, 0.05) is 27.8 Å². The molecule has 6 nitrogen and oxygen atoms in total. The number of carbonyl (C=O) groups is 4. The summed E-state index contributed by atoms with van der Waals surface area (Å²) in [5.41, 5.74) is 1.42. The molecule has 0 saturated heterocycles. The number of ketones is 4. The molecule has 0 fully saturated rings. The lowest BCUT2D eigenvalue weighted by Gasteiger charge is -2.35. The van der Waals surface area contributed by atoms with Gasteiger partial charge in [-0.1, -0.05) is 66.7 Å². The summed E-state index contributed by atoms with van der Waals surface area (Å²) in [6.45, 7) is 0. The lowest BCUT2D eigenvalue weighted by molar-refractivity contribution is 0.0821. The summed E-state index contributed by atoms with van der Waals surface area (Å²) >= 11 is 0. The molecule has 0 amide bonds. The highest BCUT2D eigenvalue weighted by molar-refractivity contribution is 6.32. The van der Waals surface area contributed by atoms with Crippen molar-refractivity contribution in [3.05, 3.63) is 123 Å². The molecular formula is C28H16O6. The van der Waals surface area contributed by atoms with Crippen molar-refractivity contribution in [3.8, 4) is 5.75 Å². The maximum atomic E-state index is 13.7. The van der Waals surface area contributed by atoms with Crippen LogP contribution in [0.15, 0.2) is 95.5 Å². The average Bonchev–Trinajstić information content (AvgIpc) is 2.89. The van der Waals surface area contributed by atoms with Gasteiger partial charge in [-0.05, 0) is 6.07 Å². The van der Waals surface area contributed by atoms with Crippen LogP contribution in [0, 0.1) is 0 Å². The molecule has 2 aliphatic carbocycles. The van der Waals surface area contributed by atoms with Crippen molar-refractivity contribution in [3.63, 3.8) is 0 Å². The summed E-state index contributed by atoms with van der Waals surface area (Å²) in [6, 6.07) is 19.9. The zero-order valence-corrected chi connectivity index (χ0v) is 18.0. The highest BCUT2D eigenvalue weighted by atomic mass is 16.5. The predicted octanol–water partition coefficient (Wildman–Crippen LogP) is 4.48. The zero-order valence-electron chi connectivity index (χ0n) is 18.0. The largest absolute Gasteiger partial charge is 0.496 e. The summed E-state index contributed by atoms with van der Waals surface area (Å²) in [6.07, 6.45) is 0. The fourth-order valence-electron chi connectivity index (χ4n) is 4.93. The average molecular weight is 448 g/mol. The second-order valence-electron chi connectivity index (χ2n) is 8.17. The van der Waals surface area contributed by atoms with Crippen LogP contribution in [0.2, 0.25) is 0 Å². The lowest BCUT2D eigenvalue weighted by Crippen LogP contribution is -2.37. The highest BCUT2D eigenvalue weighted by Crippen LogP contribution is 2.50. The second-order valence-corrected chi connectivity index (χ2v) is 8.17. The first-order valence-electron chi connectivity index (χ1n) is 10.7. The van der Waals surface area contributed by atoms with E-state index in [0.29, 0.717) is 11.3 Å². The molecule has 1 heterocycles. The number of methoxy groups -OCH3 is 1. The van der Waals surface area contributed by atoms with E-state index in [9.17, 15) is 19.2 Å². The molecule has 0 bridgehead atoms. The first kappa shape index (κ1) is 20.1. The Morgan fingerprint density at radius 3 is 1.47 bits per heavy atom. The third-order valence-corrected chi connectivity index (χ3v) is 6.45. The number of para-hydroxylation sites is 1. The first-order chi connectivity index (χ1) is 16.5. The van der Waals surface area contributed by atoms with E-state index in [0.717, 1.165) is 0 Å². The van der Waals surface area contributed by atoms with Crippen LogP contribution < -0.4 is 4.74 Å². The molecule has 164 valence electrons. The molecular weight excluding hydrogens is 432 g/mol. The number of hydrogen-bond acceptors (Lipinski definition) is 6. The van der Waals surface area contributed by atoms with Crippen LogP contribution in [0.4, 0.5) is 0 Å². The van der Waals surface area contributed by atoms with Gasteiger partial charge in [-0.15, -0.1) is 0 Å². The smallest absolute Gasteiger partial charge is 0.229 e. The Hall–Kier alpha value is -4.58. The number of rotatable bonds is 2. The molecule has 0 atom stereocenters. The van der Waals surface area contributed by atoms with E-state index >= 15 is 0 Å². The van der Waals surface area contributed by atoms with Crippen molar-refractivity contribution < 1.29 is 28.7 Å². The van der Waals surface area contributed by atoms with Crippen LogP contribution in [0.25, 0.3) is 0 Å². The Bertz CT molecular complexity index is 1450. The van der Waals surface area contributed by atoms with E-state index < -0.39 is 29.1 Å². The third-order valence-electron chi connectivity index (χ3n) is 6.45. The minimum atomic E-state index is -1.01. The molecule has 6 heteroatoms. The molecule has 0 radical (unpaired) electrons. The fraction of sp³-hybridized carbons (Fsp3) is 0.0714. The van der Waals surface area contributed by atoms with E-state index in [1.807, 2.05) is 0 Å². The van der Waals surface area contributed by atoms with Gasteiger partial charge < -0.3 is 9.47 Å². The molecule has 0 aromatic heterocycles. The Balaban J connectivity index is 1.67. The van der Waals surface area contributed by atoms with Crippen molar-refractivity contribution in [2.75, 3.05) is 7.11 Å². The minimum absolute atomic E-state index is 0.0347. The van der Waals surface area contributed by atoms with Gasteiger partial charge in [0.2, 0.25) is 11.6 Å². The summed E-state index contributed by atoms with van der Waals surface area (Å²) in [5.74, 6) is -2.89. The molecule has 0 spiro atoms. The Morgan fingerprint density at radius 1 is 0.588 bits per heavy atom. The quantitative estimate of drug-likeness (QED) is 0.575. The van der Waals surface area contributed by atoms with Gasteiger partial charge in [0.1, 0.15) is 5.75 Å². The molecule has 3 aromatic rings. The van der Waals surface area contributed by atoms with Gasteiger partial charge in [0.05, 0.1) is 24.2 Å². The van der Waals surface area contributed by atoms with Crippen LogP contribution in [0.5, 0.6) is 5.75 Å². The molecule has 0 N–H and O–H groups in total. The van der Waals surface area contributed by atoms with Crippen molar-refractivity contribution in [1.29, 1.82) is 0 Å². The van der Waals surface area contributed by atoms with Crippen LogP contribution in [0.3, 0.4) is 0 Å². The molecule has 0 saturated carbocycles. The van der Waals surface area contributed by atoms with Gasteiger partial charge in [0.25, 0.3) is 0 Å². The highest BCUT2D eigenvalue weighted by Gasteiger charge is 2.49. The number of Topliss-reactive ketones (excluding diaryl/α,β-unsaturated/α-hetero) is 4. The summed E-state index contributed by atoms with van der Waals surface area (Å²) < 4.78 is 11.4. The van der Waals surface area contributed by atoms with Crippen LogP contribution >= 0.6 is 0 Å². The fourth-order valence-corrected chi connectivity index (χ4v) is 4.93. The van der Waals surface area contributed by atoms with Crippen molar-refractivity contribution >= 4 is 23.1 Å². The molecule has 1 aliphatic heterocycles. The van der Waals surface area contributed by atoms with Gasteiger partial charge in [-0.3, -0.25) is 19.2 Å². The molecule has 3 aliphatic rings. The SMILES string of the molecule is COc1ccccc1C1C2=C(OC3=C1C(=O)c1ccccc1C3=O)C(=O)c1ccccc1C2=O. The Kier molecular flexibility index (Phi) is 4.26. The van der Waals surface area contributed by atoms with Gasteiger partial charge in [-0.25, -0.2) is 0 Å². The first-order valence-corrected chi connectivity index (χ1v) is 10.7. The Labute approximate surface area is 194 Å². The normalized spacial score (nSPS) is 17.1. The lowest BCUT2D eigenvalue weighted by atomic mass is 9.70. The number of carbonyl (C=O) groups excluding carboxylic acids is 4. The Morgan fingerprint density at radius 2 is 1.00 bits per heavy atom. The van der Waals surface area contributed by atoms with E-state index in [4.69, 9.17) is 9.47 Å². The van der Waals surface area contributed by atoms with E-state index in [2.05, 4.69) is 0 Å². The van der Waals surface area contributed by atoms with Crippen molar-refractivity contribution in [2.45, 2.75) is 5.92 Å². The number of hydrogen-bond donors (Lipinski definition) is 0. The molecule has 6 rings (SSSR count). The summed E-state index contributed by atoms with van der Waals surface area (Å²) in [7, 11) is 1.48. The second kappa shape index (κ2) is 7.22. The van der Waals surface area contributed by atoms with Crippen molar-refractivity contribution in [1.82, 2.24) is 0 Å². The third kappa shape index (κ3) is 2.56. The number of fused-ring (bicyclic) bond motifs is 2. The molecule has 3 aromatic carbocycles. The van der Waals surface area contributed by atoms with Crippen LogP contribution in [-0.2, 0) is 4.74 Å². The standard InChI is InChI=1S/C28H16O6/c1-33-19-13-7-6-12-18(19)20-21-23(29)14-8-2-4-10-16(14)25(31)27(21)34-28-22(20)24(30)15-9-3-5-11-17(15)26(28)32/h2-13,20H,1H3. The summed E-state index contributed by atoms with van der Waals surface area (Å²) in [5, 5.41) is 0. The van der Waals surface area contributed by atoms with Gasteiger partial charge in [-0.2, -0.15) is 0 Å². The number of allylic oxidation sites excluding steroid dienone is 4. The van der Waals surface area contributed by atoms with Crippen molar-refractivity contribution in [2.24, 2.45) is 0 Å². The van der Waals surface area contributed by atoms with E-state index in [-0.39, 0.29) is 44.9 Å².